The number of imidazole rings is 1. The van der Waals surface area contributed by atoms with Gasteiger partial charge in [0.1, 0.15) is 0 Å². The van der Waals surface area contributed by atoms with Gasteiger partial charge in [0.05, 0.1) is 6.33 Å². The van der Waals surface area contributed by atoms with E-state index in [0.29, 0.717) is 12.0 Å². The van der Waals surface area contributed by atoms with Crippen LogP contribution in [0, 0.1) is 5.92 Å². The van der Waals surface area contributed by atoms with Crippen LogP contribution in [0.2, 0.25) is 0 Å². The average Bonchev–Trinajstić information content (AvgIpc) is 3.09. The highest BCUT2D eigenvalue weighted by molar-refractivity contribution is 5.11. The van der Waals surface area contributed by atoms with Crippen molar-refractivity contribution in [1.82, 2.24) is 14.9 Å². The summed E-state index contributed by atoms with van der Waals surface area (Å²) in [6.07, 6.45) is 12.3. The van der Waals surface area contributed by atoms with Gasteiger partial charge >= 0.3 is 0 Å². The molecule has 2 heterocycles. The molecule has 2 aliphatic rings. The molecule has 1 aromatic rings. The molecule has 3 nitrogen and oxygen atoms in total. The van der Waals surface area contributed by atoms with Crippen molar-refractivity contribution in [2.45, 2.75) is 57.4 Å². The number of hydrogen-bond donors (Lipinski definition) is 1. The van der Waals surface area contributed by atoms with Crippen LogP contribution in [0.1, 0.15) is 63.1 Å². The lowest BCUT2D eigenvalue weighted by atomic mass is 9.84. The predicted octanol–water partition coefficient (Wildman–Crippen LogP) is 3.10. The highest BCUT2D eigenvalue weighted by atomic mass is 15.1. The van der Waals surface area contributed by atoms with E-state index in [1.807, 2.05) is 0 Å². The Bertz CT molecular complexity index is 379. The Hall–Kier alpha value is -0.830. The highest BCUT2D eigenvalue weighted by Crippen LogP contribution is 2.36. The number of hydrogen-bond acceptors (Lipinski definition) is 2. The zero-order valence-corrected chi connectivity index (χ0v) is 11.4. The number of aromatic nitrogens is 2. The Morgan fingerprint density at radius 2 is 2.33 bits per heavy atom. The maximum absolute atomic E-state index is 4.43. The topological polar surface area (TPSA) is 29.9 Å². The molecular weight excluding hydrogens is 222 g/mol. The molecule has 0 bridgehead atoms. The van der Waals surface area contributed by atoms with Crippen LogP contribution in [0.25, 0.3) is 0 Å². The molecule has 18 heavy (non-hydrogen) atoms. The second kappa shape index (κ2) is 5.43. The van der Waals surface area contributed by atoms with Gasteiger partial charge in [-0.15, -0.1) is 0 Å². The third kappa shape index (κ3) is 2.33. The van der Waals surface area contributed by atoms with Gasteiger partial charge in [0, 0.05) is 30.4 Å². The van der Waals surface area contributed by atoms with E-state index in [0.717, 1.165) is 19.0 Å². The van der Waals surface area contributed by atoms with Crippen molar-refractivity contribution in [1.29, 1.82) is 0 Å². The summed E-state index contributed by atoms with van der Waals surface area (Å²) in [5.41, 5.74) is 1.47. The van der Waals surface area contributed by atoms with Crippen molar-refractivity contribution < 1.29 is 0 Å². The van der Waals surface area contributed by atoms with E-state index < -0.39 is 0 Å². The first-order valence-electron chi connectivity index (χ1n) is 7.61. The Balaban J connectivity index is 1.77. The van der Waals surface area contributed by atoms with Crippen LogP contribution in [0.5, 0.6) is 0 Å². The monoisotopic (exact) mass is 247 g/mol. The summed E-state index contributed by atoms with van der Waals surface area (Å²) in [6.45, 7) is 4.64. The van der Waals surface area contributed by atoms with Crippen LogP contribution in [-0.4, -0.2) is 22.6 Å². The maximum atomic E-state index is 4.43. The van der Waals surface area contributed by atoms with Gasteiger partial charge < -0.3 is 9.88 Å². The molecule has 3 unspecified atom stereocenters. The van der Waals surface area contributed by atoms with E-state index >= 15 is 0 Å². The van der Waals surface area contributed by atoms with Gasteiger partial charge in [-0.05, 0) is 31.7 Å². The van der Waals surface area contributed by atoms with Crippen LogP contribution in [-0.2, 0) is 0 Å². The van der Waals surface area contributed by atoms with Gasteiger partial charge in [0.2, 0.25) is 0 Å². The fourth-order valence-electron chi connectivity index (χ4n) is 3.73. The van der Waals surface area contributed by atoms with Crippen molar-refractivity contribution in [3.63, 3.8) is 0 Å². The summed E-state index contributed by atoms with van der Waals surface area (Å²) < 4.78 is 2.50. The second-order valence-electron chi connectivity index (χ2n) is 6.01. The lowest BCUT2D eigenvalue weighted by molar-refractivity contribution is 0.256. The molecule has 1 aromatic heterocycles. The van der Waals surface area contributed by atoms with Gasteiger partial charge in [-0.2, -0.15) is 0 Å². The minimum absolute atomic E-state index is 0.689. The van der Waals surface area contributed by atoms with E-state index in [4.69, 9.17) is 0 Å². The van der Waals surface area contributed by atoms with Crippen LogP contribution < -0.4 is 5.32 Å². The highest BCUT2D eigenvalue weighted by Gasteiger charge is 2.26. The summed E-state index contributed by atoms with van der Waals surface area (Å²) in [4.78, 5) is 4.43. The Morgan fingerprint density at radius 3 is 3.11 bits per heavy atom. The van der Waals surface area contributed by atoms with Crippen LogP contribution in [0.15, 0.2) is 12.5 Å². The van der Waals surface area contributed by atoms with Gasteiger partial charge in [-0.3, -0.25) is 0 Å². The van der Waals surface area contributed by atoms with E-state index in [1.54, 1.807) is 0 Å². The first-order chi connectivity index (χ1) is 8.88. The summed E-state index contributed by atoms with van der Waals surface area (Å²) in [5, 5.41) is 3.47. The molecule has 1 saturated heterocycles. The van der Waals surface area contributed by atoms with Gasteiger partial charge in [0.15, 0.2) is 0 Å². The standard InChI is InChI=1S/C15H25N3/c1-2-12-4-3-5-14(8-12)18-11-17-10-15(18)13-6-7-16-9-13/h10-14,16H,2-9H2,1H3. The second-order valence-corrected chi connectivity index (χ2v) is 6.01. The molecule has 3 rings (SSSR count). The smallest absolute Gasteiger partial charge is 0.0950 e. The summed E-state index contributed by atoms with van der Waals surface area (Å²) >= 11 is 0. The molecule has 0 amide bonds. The zero-order valence-electron chi connectivity index (χ0n) is 11.4. The molecule has 1 aliphatic heterocycles. The number of rotatable bonds is 3. The molecular formula is C15H25N3. The third-order valence-corrected chi connectivity index (χ3v) is 4.90. The van der Waals surface area contributed by atoms with Gasteiger partial charge in [-0.25, -0.2) is 4.98 Å². The van der Waals surface area contributed by atoms with Crippen molar-refractivity contribution in [3.05, 3.63) is 18.2 Å². The normalized spacial score (nSPS) is 32.8. The molecule has 100 valence electrons. The summed E-state index contributed by atoms with van der Waals surface area (Å²) in [5.74, 6) is 1.62. The molecule has 1 N–H and O–H groups in total. The van der Waals surface area contributed by atoms with Crippen LogP contribution in [0.3, 0.4) is 0 Å². The summed E-state index contributed by atoms with van der Waals surface area (Å²) in [7, 11) is 0. The molecule has 0 radical (unpaired) electrons. The van der Waals surface area contributed by atoms with E-state index in [-0.39, 0.29) is 0 Å². The quantitative estimate of drug-likeness (QED) is 0.889. The number of nitrogens with zero attached hydrogens (tertiary/aromatic N) is 2. The Labute approximate surface area is 110 Å². The maximum Gasteiger partial charge on any atom is 0.0950 e. The molecule has 3 heteroatoms. The fourth-order valence-corrected chi connectivity index (χ4v) is 3.73. The van der Waals surface area contributed by atoms with E-state index in [9.17, 15) is 0 Å². The lowest BCUT2D eigenvalue weighted by Gasteiger charge is -2.31. The first-order valence-corrected chi connectivity index (χ1v) is 7.61. The third-order valence-electron chi connectivity index (χ3n) is 4.90. The largest absolute Gasteiger partial charge is 0.331 e. The molecule has 3 atom stereocenters. The summed E-state index contributed by atoms with van der Waals surface area (Å²) in [6, 6.07) is 0.710. The van der Waals surface area contributed by atoms with E-state index in [1.165, 1.54) is 44.2 Å². The first kappa shape index (κ1) is 12.2. The SMILES string of the molecule is CCC1CCCC(n2cncc2C2CCNC2)C1. The van der Waals surface area contributed by atoms with Gasteiger partial charge in [-0.1, -0.05) is 26.2 Å². The molecule has 0 spiro atoms. The molecule has 1 saturated carbocycles. The Kier molecular flexibility index (Phi) is 3.69. The lowest BCUT2D eigenvalue weighted by Crippen LogP contribution is -2.21. The van der Waals surface area contributed by atoms with Crippen molar-refractivity contribution in [2.75, 3.05) is 13.1 Å². The molecule has 2 fully saturated rings. The zero-order chi connectivity index (χ0) is 12.4. The van der Waals surface area contributed by atoms with Crippen molar-refractivity contribution in [2.24, 2.45) is 5.92 Å². The minimum Gasteiger partial charge on any atom is -0.331 e. The average molecular weight is 247 g/mol. The number of nitrogens with one attached hydrogen (secondary N) is 1. The van der Waals surface area contributed by atoms with Crippen molar-refractivity contribution in [3.8, 4) is 0 Å². The van der Waals surface area contributed by atoms with Crippen molar-refractivity contribution >= 4 is 0 Å². The minimum atomic E-state index is 0.689. The molecule has 1 aliphatic carbocycles. The molecule has 0 aromatic carbocycles. The fraction of sp³-hybridized carbons (Fsp3) is 0.800. The van der Waals surface area contributed by atoms with Gasteiger partial charge in [0.25, 0.3) is 0 Å². The predicted molar refractivity (Wildman–Crippen MR) is 73.7 cm³/mol. The van der Waals surface area contributed by atoms with Crippen LogP contribution >= 0.6 is 0 Å². The van der Waals surface area contributed by atoms with Crippen LogP contribution in [0.4, 0.5) is 0 Å². The Morgan fingerprint density at radius 1 is 1.39 bits per heavy atom. The van der Waals surface area contributed by atoms with E-state index in [2.05, 4.69) is 34.3 Å².